The first-order chi connectivity index (χ1) is 9.49. The lowest BCUT2D eigenvalue weighted by atomic mass is 10.1. The van der Waals surface area contributed by atoms with E-state index in [1.165, 1.54) is 13.2 Å². The van der Waals surface area contributed by atoms with Crippen LogP contribution in [0.1, 0.15) is 24.2 Å². The minimum Gasteiger partial charge on any atom is -0.377 e. The SMILES string of the molecule is COC(C)(C)CNC(=O)c1c(Cl)ccc(S(N)(=O)=O)c1Cl. The number of hydrogen-bond acceptors (Lipinski definition) is 4. The van der Waals surface area contributed by atoms with Crippen LogP contribution in [-0.4, -0.2) is 33.6 Å². The van der Waals surface area contributed by atoms with Gasteiger partial charge in [0.05, 0.1) is 21.2 Å². The predicted molar refractivity (Wildman–Crippen MR) is 81.3 cm³/mol. The zero-order chi connectivity index (χ0) is 16.4. The quantitative estimate of drug-likeness (QED) is 0.841. The molecule has 118 valence electrons. The number of halogens is 2. The van der Waals surface area contributed by atoms with Crippen molar-refractivity contribution in [1.82, 2.24) is 5.32 Å². The Morgan fingerprint density at radius 1 is 1.38 bits per heavy atom. The summed E-state index contributed by atoms with van der Waals surface area (Å²) in [6.45, 7) is 3.74. The molecule has 9 heteroatoms. The summed E-state index contributed by atoms with van der Waals surface area (Å²) in [5, 5.41) is 7.34. The van der Waals surface area contributed by atoms with Gasteiger partial charge in [0, 0.05) is 13.7 Å². The van der Waals surface area contributed by atoms with E-state index < -0.39 is 21.5 Å². The molecule has 1 aromatic rings. The van der Waals surface area contributed by atoms with Crippen LogP contribution in [0.15, 0.2) is 17.0 Å². The van der Waals surface area contributed by atoms with Crippen molar-refractivity contribution in [2.45, 2.75) is 24.3 Å². The second-order valence-electron chi connectivity index (χ2n) is 4.93. The third-order valence-electron chi connectivity index (χ3n) is 2.82. The van der Waals surface area contributed by atoms with E-state index in [0.717, 1.165) is 6.07 Å². The van der Waals surface area contributed by atoms with Crippen LogP contribution in [0.25, 0.3) is 0 Å². The van der Waals surface area contributed by atoms with Crippen LogP contribution in [0.3, 0.4) is 0 Å². The average molecular weight is 355 g/mol. The summed E-state index contributed by atoms with van der Waals surface area (Å²) in [6, 6.07) is 2.40. The van der Waals surface area contributed by atoms with Crippen LogP contribution < -0.4 is 10.5 Å². The lowest BCUT2D eigenvalue weighted by molar-refractivity contribution is 0.0229. The lowest BCUT2D eigenvalue weighted by Crippen LogP contribution is -2.40. The van der Waals surface area contributed by atoms with Crippen LogP contribution in [0.5, 0.6) is 0 Å². The fourth-order valence-electron chi connectivity index (χ4n) is 1.41. The molecule has 0 spiro atoms. The number of ether oxygens (including phenoxy) is 1. The van der Waals surface area contributed by atoms with Crippen LogP contribution in [-0.2, 0) is 14.8 Å². The molecule has 6 nitrogen and oxygen atoms in total. The third kappa shape index (κ3) is 4.55. The Labute approximate surface area is 133 Å². The van der Waals surface area contributed by atoms with Crippen molar-refractivity contribution in [3.8, 4) is 0 Å². The number of carbonyl (C=O) groups is 1. The second kappa shape index (κ2) is 6.50. The van der Waals surface area contributed by atoms with Crippen LogP contribution in [0.4, 0.5) is 0 Å². The summed E-state index contributed by atoms with van der Waals surface area (Å²) >= 11 is 11.9. The number of carbonyl (C=O) groups excluding carboxylic acids is 1. The molecule has 0 heterocycles. The van der Waals surface area contributed by atoms with Gasteiger partial charge in [0.15, 0.2) is 0 Å². The van der Waals surface area contributed by atoms with Gasteiger partial charge in [0.1, 0.15) is 4.90 Å². The van der Waals surface area contributed by atoms with Gasteiger partial charge in [-0.2, -0.15) is 0 Å². The van der Waals surface area contributed by atoms with Crippen molar-refractivity contribution in [3.63, 3.8) is 0 Å². The van der Waals surface area contributed by atoms with Crippen LogP contribution in [0, 0.1) is 0 Å². The molecule has 0 saturated heterocycles. The van der Waals surface area contributed by atoms with Gasteiger partial charge < -0.3 is 10.1 Å². The Morgan fingerprint density at radius 3 is 2.43 bits per heavy atom. The Hall–Kier alpha value is -0.860. The number of amides is 1. The van der Waals surface area contributed by atoms with E-state index in [1.807, 2.05) is 0 Å². The molecule has 0 aliphatic rings. The van der Waals surface area contributed by atoms with E-state index in [-0.39, 0.29) is 27.0 Å². The van der Waals surface area contributed by atoms with Crippen molar-refractivity contribution in [1.29, 1.82) is 0 Å². The molecule has 0 aromatic heterocycles. The second-order valence-corrected chi connectivity index (χ2v) is 7.24. The molecule has 0 saturated carbocycles. The van der Waals surface area contributed by atoms with E-state index >= 15 is 0 Å². The maximum atomic E-state index is 12.2. The molecule has 0 unspecified atom stereocenters. The molecule has 1 amide bonds. The number of primary sulfonamides is 1. The normalized spacial score (nSPS) is 12.3. The molecule has 0 atom stereocenters. The summed E-state index contributed by atoms with van der Waals surface area (Å²) in [5.41, 5.74) is -0.733. The minimum atomic E-state index is -4.05. The summed E-state index contributed by atoms with van der Waals surface area (Å²) in [7, 11) is -2.54. The number of rotatable bonds is 5. The third-order valence-corrected chi connectivity index (χ3v) is 4.59. The standard InChI is InChI=1S/C12H16Cl2N2O4S/c1-12(2,20-3)6-16-11(17)9-7(13)4-5-8(10(9)14)21(15,18)19/h4-5H,6H2,1-3H3,(H,16,17)(H2,15,18,19). The molecule has 1 aromatic carbocycles. The summed E-state index contributed by atoms with van der Waals surface area (Å²) < 4.78 is 28.0. The minimum absolute atomic E-state index is 0.0279. The molecule has 0 radical (unpaired) electrons. The maximum Gasteiger partial charge on any atom is 0.254 e. The summed E-state index contributed by atoms with van der Waals surface area (Å²) in [5.74, 6) is -0.611. The van der Waals surface area contributed by atoms with Crippen molar-refractivity contribution in [3.05, 3.63) is 27.7 Å². The predicted octanol–water partition coefficient (Wildman–Crippen LogP) is 1.80. The highest BCUT2D eigenvalue weighted by Crippen LogP contribution is 2.30. The summed E-state index contributed by atoms with van der Waals surface area (Å²) in [4.78, 5) is 11.8. The summed E-state index contributed by atoms with van der Waals surface area (Å²) in [6.07, 6.45) is 0. The Bertz CT molecular complexity index is 659. The molecule has 0 aliphatic carbocycles. The van der Waals surface area contributed by atoms with Crippen molar-refractivity contribution in [2.75, 3.05) is 13.7 Å². The highest BCUT2D eigenvalue weighted by molar-refractivity contribution is 7.89. The van der Waals surface area contributed by atoms with Gasteiger partial charge >= 0.3 is 0 Å². The Balaban J connectivity index is 3.16. The molecule has 0 aliphatic heterocycles. The first-order valence-electron chi connectivity index (χ1n) is 5.84. The monoisotopic (exact) mass is 354 g/mol. The molecule has 21 heavy (non-hydrogen) atoms. The van der Waals surface area contributed by atoms with E-state index in [0.29, 0.717) is 0 Å². The average Bonchev–Trinajstić information content (AvgIpc) is 2.35. The topological polar surface area (TPSA) is 98.5 Å². The molecule has 0 bridgehead atoms. The number of methoxy groups -OCH3 is 1. The fourth-order valence-corrected chi connectivity index (χ4v) is 2.89. The first-order valence-corrected chi connectivity index (χ1v) is 8.14. The lowest BCUT2D eigenvalue weighted by Gasteiger charge is -2.23. The highest BCUT2D eigenvalue weighted by Gasteiger charge is 2.24. The van der Waals surface area contributed by atoms with Gasteiger partial charge in [-0.25, -0.2) is 13.6 Å². The highest BCUT2D eigenvalue weighted by atomic mass is 35.5. The Morgan fingerprint density at radius 2 is 1.95 bits per heavy atom. The maximum absolute atomic E-state index is 12.2. The number of nitrogens with two attached hydrogens (primary N) is 1. The van der Waals surface area contributed by atoms with Crippen molar-refractivity contribution < 1.29 is 17.9 Å². The molecule has 1 rings (SSSR count). The van der Waals surface area contributed by atoms with E-state index in [9.17, 15) is 13.2 Å². The number of hydrogen-bond donors (Lipinski definition) is 2. The van der Waals surface area contributed by atoms with Crippen LogP contribution in [0.2, 0.25) is 10.0 Å². The fraction of sp³-hybridized carbons (Fsp3) is 0.417. The largest absolute Gasteiger partial charge is 0.377 e. The molecular weight excluding hydrogens is 339 g/mol. The molecule has 3 N–H and O–H groups in total. The van der Waals surface area contributed by atoms with Crippen molar-refractivity contribution in [2.24, 2.45) is 5.14 Å². The van der Waals surface area contributed by atoms with Gasteiger partial charge in [-0.15, -0.1) is 0 Å². The first kappa shape index (κ1) is 18.2. The Kier molecular flexibility index (Phi) is 5.63. The zero-order valence-corrected chi connectivity index (χ0v) is 14.1. The zero-order valence-electron chi connectivity index (χ0n) is 11.7. The number of benzene rings is 1. The van der Waals surface area contributed by atoms with E-state index in [1.54, 1.807) is 13.8 Å². The van der Waals surface area contributed by atoms with Gasteiger partial charge in [-0.1, -0.05) is 23.2 Å². The van der Waals surface area contributed by atoms with E-state index in [2.05, 4.69) is 5.32 Å². The van der Waals surface area contributed by atoms with E-state index in [4.69, 9.17) is 33.1 Å². The number of sulfonamides is 1. The van der Waals surface area contributed by atoms with Crippen molar-refractivity contribution >= 4 is 39.1 Å². The van der Waals surface area contributed by atoms with Gasteiger partial charge in [0.2, 0.25) is 10.0 Å². The number of nitrogens with one attached hydrogen (secondary N) is 1. The molecule has 0 fully saturated rings. The van der Waals surface area contributed by atoms with Gasteiger partial charge in [-0.3, -0.25) is 4.79 Å². The molecular formula is C12H16Cl2N2O4S. The van der Waals surface area contributed by atoms with Crippen LogP contribution >= 0.6 is 23.2 Å². The van der Waals surface area contributed by atoms with Gasteiger partial charge in [-0.05, 0) is 26.0 Å². The van der Waals surface area contributed by atoms with Gasteiger partial charge in [0.25, 0.3) is 5.91 Å². The smallest absolute Gasteiger partial charge is 0.254 e.